The van der Waals surface area contributed by atoms with Gasteiger partial charge in [0.15, 0.2) is 0 Å². The van der Waals surface area contributed by atoms with Gasteiger partial charge in [0.25, 0.3) is 0 Å². The van der Waals surface area contributed by atoms with E-state index in [4.69, 9.17) is 5.73 Å². The average Bonchev–Trinajstić information content (AvgIpc) is 3.00. The van der Waals surface area contributed by atoms with Gasteiger partial charge in [-0.2, -0.15) is 0 Å². The summed E-state index contributed by atoms with van der Waals surface area (Å²) in [5, 5.41) is 0. The summed E-state index contributed by atoms with van der Waals surface area (Å²) in [6.07, 6.45) is 6.76. The molecule has 0 aromatic carbocycles. The van der Waals surface area contributed by atoms with Crippen LogP contribution < -0.4 is 5.73 Å². The molecule has 3 heteroatoms. The summed E-state index contributed by atoms with van der Waals surface area (Å²) in [6, 6.07) is 0.267. The van der Waals surface area contributed by atoms with Gasteiger partial charge >= 0.3 is 0 Å². The lowest BCUT2D eigenvalue weighted by Gasteiger charge is -2.23. The van der Waals surface area contributed by atoms with Crippen molar-refractivity contribution < 1.29 is 4.79 Å². The molecule has 0 radical (unpaired) electrons. The summed E-state index contributed by atoms with van der Waals surface area (Å²) in [7, 11) is 0. The largest absolute Gasteiger partial charge is 0.343 e. The molecule has 1 amide bonds. The quantitative estimate of drug-likeness (QED) is 0.773. The third kappa shape index (κ3) is 2.97. The Balaban J connectivity index is 1.79. The molecule has 92 valence electrons. The maximum Gasteiger partial charge on any atom is 0.222 e. The van der Waals surface area contributed by atoms with Gasteiger partial charge in [0.05, 0.1) is 0 Å². The molecule has 2 saturated carbocycles. The molecule has 0 saturated heterocycles. The van der Waals surface area contributed by atoms with Crippen LogP contribution in [0.3, 0.4) is 0 Å². The lowest BCUT2D eigenvalue weighted by molar-refractivity contribution is -0.132. The van der Waals surface area contributed by atoms with Crippen molar-refractivity contribution in [3.8, 4) is 0 Å². The van der Waals surface area contributed by atoms with Crippen LogP contribution in [0.4, 0.5) is 0 Å². The predicted molar refractivity (Wildman–Crippen MR) is 64.9 cm³/mol. The number of rotatable bonds is 5. The first kappa shape index (κ1) is 11.9. The fourth-order valence-electron chi connectivity index (χ4n) is 2.69. The fourth-order valence-corrected chi connectivity index (χ4v) is 2.69. The molecule has 2 fully saturated rings. The summed E-state index contributed by atoms with van der Waals surface area (Å²) in [4.78, 5) is 14.1. The van der Waals surface area contributed by atoms with Gasteiger partial charge in [-0.3, -0.25) is 4.79 Å². The van der Waals surface area contributed by atoms with Gasteiger partial charge in [-0.1, -0.05) is 6.42 Å². The Hall–Kier alpha value is -0.570. The highest BCUT2D eigenvalue weighted by atomic mass is 16.2. The van der Waals surface area contributed by atoms with Crippen LogP contribution in [0.1, 0.15) is 45.4 Å². The Morgan fingerprint density at radius 1 is 1.31 bits per heavy atom. The van der Waals surface area contributed by atoms with E-state index in [0.717, 1.165) is 31.8 Å². The zero-order valence-corrected chi connectivity index (χ0v) is 10.3. The third-order valence-electron chi connectivity index (χ3n) is 4.06. The highest BCUT2D eigenvalue weighted by Gasteiger charge is 2.30. The Bertz CT molecular complexity index is 250. The molecule has 0 bridgehead atoms. The van der Waals surface area contributed by atoms with Crippen molar-refractivity contribution in [1.29, 1.82) is 0 Å². The van der Waals surface area contributed by atoms with Crippen molar-refractivity contribution >= 4 is 5.91 Å². The lowest BCUT2D eigenvalue weighted by Crippen LogP contribution is -2.36. The van der Waals surface area contributed by atoms with Crippen molar-refractivity contribution in [2.24, 2.45) is 17.6 Å². The van der Waals surface area contributed by atoms with E-state index < -0.39 is 0 Å². The van der Waals surface area contributed by atoms with Crippen molar-refractivity contribution in [2.45, 2.75) is 51.5 Å². The van der Waals surface area contributed by atoms with Gasteiger partial charge in [0.2, 0.25) is 5.91 Å². The normalized spacial score (nSPS) is 29.4. The number of carbonyl (C=O) groups is 1. The number of nitrogens with two attached hydrogens (primary N) is 1. The molecule has 0 aromatic rings. The molecular formula is C13H24N2O. The van der Waals surface area contributed by atoms with E-state index >= 15 is 0 Å². The molecule has 2 aliphatic carbocycles. The Kier molecular flexibility index (Phi) is 3.85. The molecule has 2 aliphatic rings. The first-order valence-electron chi connectivity index (χ1n) is 6.74. The molecule has 2 rings (SSSR count). The highest BCUT2D eigenvalue weighted by molar-refractivity contribution is 5.76. The first-order valence-corrected chi connectivity index (χ1v) is 6.74. The average molecular weight is 224 g/mol. The molecule has 2 N–H and O–H groups in total. The molecule has 2 atom stereocenters. The maximum atomic E-state index is 12.1. The predicted octanol–water partition coefficient (Wildman–Crippen LogP) is 1.76. The van der Waals surface area contributed by atoms with Crippen LogP contribution in [-0.2, 0) is 4.79 Å². The minimum absolute atomic E-state index is 0.267. The van der Waals surface area contributed by atoms with Crippen molar-refractivity contribution in [3.63, 3.8) is 0 Å². The molecular weight excluding hydrogens is 200 g/mol. The van der Waals surface area contributed by atoms with Gasteiger partial charge in [-0.05, 0) is 44.4 Å². The van der Waals surface area contributed by atoms with E-state index in [-0.39, 0.29) is 6.04 Å². The zero-order chi connectivity index (χ0) is 11.5. The number of carbonyl (C=O) groups excluding carboxylic acids is 1. The maximum absolute atomic E-state index is 12.1. The summed E-state index contributed by atoms with van der Waals surface area (Å²) >= 11 is 0. The van der Waals surface area contributed by atoms with Crippen molar-refractivity contribution in [1.82, 2.24) is 4.90 Å². The molecule has 0 spiro atoms. The topological polar surface area (TPSA) is 46.3 Å². The number of hydrogen-bond donors (Lipinski definition) is 1. The molecule has 0 unspecified atom stereocenters. The summed E-state index contributed by atoms with van der Waals surface area (Å²) in [5.74, 6) is 1.57. The summed E-state index contributed by atoms with van der Waals surface area (Å²) in [6.45, 7) is 3.92. The molecule has 0 aliphatic heterocycles. The van der Waals surface area contributed by atoms with Gasteiger partial charge in [0, 0.05) is 25.6 Å². The molecule has 16 heavy (non-hydrogen) atoms. The SMILES string of the molecule is CCN(CC1CC1)C(=O)C[C@@H]1CCC[C@H]1N. The number of amides is 1. The minimum atomic E-state index is 0.267. The van der Waals surface area contributed by atoms with Crippen LogP contribution in [0.15, 0.2) is 0 Å². The number of hydrogen-bond acceptors (Lipinski definition) is 2. The van der Waals surface area contributed by atoms with Crippen LogP contribution in [0.25, 0.3) is 0 Å². The smallest absolute Gasteiger partial charge is 0.222 e. The van der Waals surface area contributed by atoms with E-state index in [2.05, 4.69) is 6.92 Å². The van der Waals surface area contributed by atoms with Crippen molar-refractivity contribution in [3.05, 3.63) is 0 Å². The lowest BCUT2D eigenvalue weighted by atomic mass is 9.99. The molecule has 3 nitrogen and oxygen atoms in total. The second-order valence-electron chi connectivity index (χ2n) is 5.43. The summed E-state index contributed by atoms with van der Waals surface area (Å²) < 4.78 is 0. The van der Waals surface area contributed by atoms with Crippen LogP contribution >= 0.6 is 0 Å². The number of nitrogens with zero attached hydrogens (tertiary/aromatic N) is 1. The van der Waals surface area contributed by atoms with Crippen LogP contribution in [0.5, 0.6) is 0 Å². The van der Waals surface area contributed by atoms with Gasteiger partial charge in [-0.15, -0.1) is 0 Å². The highest BCUT2D eigenvalue weighted by Crippen LogP contribution is 2.31. The van der Waals surface area contributed by atoms with E-state index in [1.807, 2.05) is 4.90 Å². The Labute approximate surface area is 98.4 Å². The third-order valence-corrected chi connectivity index (χ3v) is 4.06. The van der Waals surface area contributed by atoms with Crippen molar-refractivity contribution in [2.75, 3.05) is 13.1 Å². The molecule has 0 aromatic heterocycles. The monoisotopic (exact) mass is 224 g/mol. The van der Waals surface area contributed by atoms with E-state index in [9.17, 15) is 4.79 Å². The Morgan fingerprint density at radius 3 is 2.56 bits per heavy atom. The van der Waals surface area contributed by atoms with Gasteiger partial charge in [0.1, 0.15) is 0 Å². The second-order valence-corrected chi connectivity index (χ2v) is 5.43. The fraction of sp³-hybridized carbons (Fsp3) is 0.923. The van der Waals surface area contributed by atoms with Gasteiger partial charge in [-0.25, -0.2) is 0 Å². The van der Waals surface area contributed by atoms with Crippen LogP contribution in [0.2, 0.25) is 0 Å². The van der Waals surface area contributed by atoms with Crippen LogP contribution in [0, 0.1) is 11.8 Å². The standard InChI is InChI=1S/C13H24N2O/c1-2-15(9-10-6-7-10)13(16)8-11-4-3-5-12(11)14/h10-12H,2-9,14H2,1H3/t11-,12+/m0/s1. The summed E-state index contributed by atoms with van der Waals surface area (Å²) in [5.41, 5.74) is 6.01. The first-order chi connectivity index (χ1) is 7.70. The Morgan fingerprint density at radius 2 is 2.06 bits per heavy atom. The van der Waals surface area contributed by atoms with E-state index in [1.165, 1.54) is 19.3 Å². The van der Waals surface area contributed by atoms with Crippen LogP contribution in [-0.4, -0.2) is 29.9 Å². The second kappa shape index (κ2) is 5.17. The minimum Gasteiger partial charge on any atom is -0.343 e. The molecule has 0 heterocycles. The van der Waals surface area contributed by atoms with E-state index in [0.29, 0.717) is 18.2 Å². The van der Waals surface area contributed by atoms with Gasteiger partial charge < -0.3 is 10.6 Å². The zero-order valence-electron chi connectivity index (χ0n) is 10.3. The van der Waals surface area contributed by atoms with E-state index in [1.54, 1.807) is 0 Å².